The van der Waals surface area contributed by atoms with Gasteiger partial charge in [0.15, 0.2) is 11.2 Å². The SMILES string of the molecule is CCOc1ccc(N2CCCn3c2nc2c3c(=O)n(CCOC)c(=O)n2C)cc1. The van der Waals surface area contributed by atoms with Gasteiger partial charge in [-0.1, -0.05) is 0 Å². The summed E-state index contributed by atoms with van der Waals surface area (Å²) in [6.07, 6.45) is 0.867. The molecule has 0 bridgehead atoms. The minimum atomic E-state index is -0.386. The molecule has 29 heavy (non-hydrogen) atoms. The standard InChI is InChI=1S/C20H25N5O4/c1-4-29-15-8-6-14(7-9-15)23-10-5-11-24-16-17(21-19(23)24)22(2)20(27)25(18(16)26)12-13-28-3/h6-9H,4-5,10-13H2,1-3H3. The van der Waals surface area contributed by atoms with Crippen LogP contribution in [0.2, 0.25) is 0 Å². The fraction of sp³-hybridized carbons (Fsp3) is 0.450. The zero-order chi connectivity index (χ0) is 20.5. The van der Waals surface area contributed by atoms with E-state index in [9.17, 15) is 9.59 Å². The van der Waals surface area contributed by atoms with Crippen LogP contribution in [0.5, 0.6) is 5.75 Å². The minimum Gasteiger partial charge on any atom is -0.494 e. The Balaban J connectivity index is 1.85. The lowest BCUT2D eigenvalue weighted by atomic mass is 10.2. The van der Waals surface area contributed by atoms with Gasteiger partial charge in [0.1, 0.15) is 5.75 Å². The fourth-order valence-electron chi connectivity index (χ4n) is 3.78. The van der Waals surface area contributed by atoms with Crippen molar-refractivity contribution in [2.24, 2.45) is 7.05 Å². The molecule has 0 amide bonds. The van der Waals surface area contributed by atoms with E-state index in [0.717, 1.165) is 24.4 Å². The molecule has 0 N–H and O–H groups in total. The molecule has 4 rings (SSSR count). The lowest BCUT2D eigenvalue weighted by molar-refractivity contribution is 0.184. The molecule has 3 heterocycles. The molecule has 0 aliphatic carbocycles. The molecule has 1 aliphatic heterocycles. The molecule has 2 aromatic heterocycles. The van der Waals surface area contributed by atoms with Crippen molar-refractivity contribution in [3.63, 3.8) is 0 Å². The Morgan fingerprint density at radius 3 is 2.59 bits per heavy atom. The molecule has 3 aromatic rings. The molecule has 1 aliphatic rings. The zero-order valence-corrected chi connectivity index (χ0v) is 16.9. The van der Waals surface area contributed by atoms with E-state index in [4.69, 9.17) is 9.47 Å². The van der Waals surface area contributed by atoms with Crippen molar-refractivity contribution in [3.05, 3.63) is 45.1 Å². The van der Waals surface area contributed by atoms with E-state index in [2.05, 4.69) is 9.88 Å². The van der Waals surface area contributed by atoms with Gasteiger partial charge in [-0.05, 0) is 37.6 Å². The summed E-state index contributed by atoms with van der Waals surface area (Å²) in [7, 11) is 3.19. The lowest BCUT2D eigenvalue weighted by Gasteiger charge is -2.29. The van der Waals surface area contributed by atoms with Gasteiger partial charge in [-0.3, -0.25) is 13.9 Å². The first-order valence-corrected chi connectivity index (χ1v) is 9.76. The number of nitrogens with zero attached hydrogens (tertiary/aromatic N) is 5. The Morgan fingerprint density at radius 1 is 1.14 bits per heavy atom. The monoisotopic (exact) mass is 399 g/mol. The fourth-order valence-corrected chi connectivity index (χ4v) is 3.78. The predicted octanol–water partition coefficient (Wildman–Crippen LogP) is 1.48. The van der Waals surface area contributed by atoms with Gasteiger partial charge in [-0.15, -0.1) is 0 Å². The highest BCUT2D eigenvalue weighted by molar-refractivity contribution is 5.77. The van der Waals surface area contributed by atoms with E-state index in [-0.39, 0.29) is 17.8 Å². The Bertz CT molecular complexity index is 1140. The van der Waals surface area contributed by atoms with E-state index in [0.29, 0.717) is 36.9 Å². The molecule has 154 valence electrons. The number of imidazole rings is 1. The van der Waals surface area contributed by atoms with Crippen molar-refractivity contribution in [1.82, 2.24) is 18.7 Å². The number of anilines is 2. The maximum absolute atomic E-state index is 13.1. The molecule has 0 spiro atoms. The quantitative estimate of drug-likeness (QED) is 0.624. The molecule has 9 nitrogen and oxygen atoms in total. The van der Waals surface area contributed by atoms with Crippen LogP contribution in [0, 0.1) is 0 Å². The summed E-state index contributed by atoms with van der Waals surface area (Å²) in [6, 6.07) is 7.81. The van der Waals surface area contributed by atoms with Crippen LogP contribution in [0.25, 0.3) is 11.2 Å². The van der Waals surface area contributed by atoms with Gasteiger partial charge in [0, 0.05) is 32.9 Å². The third kappa shape index (κ3) is 3.21. The highest BCUT2D eigenvalue weighted by Crippen LogP contribution is 2.31. The summed E-state index contributed by atoms with van der Waals surface area (Å²) in [4.78, 5) is 32.5. The summed E-state index contributed by atoms with van der Waals surface area (Å²) >= 11 is 0. The summed E-state index contributed by atoms with van der Waals surface area (Å²) < 4.78 is 15.2. The van der Waals surface area contributed by atoms with Crippen molar-refractivity contribution >= 4 is 22.8 Å². The van der Waals surface area contributed by atoms with E-state index < -0.39 is 0 Å². The van der Waals surface area contributed by atoms with Gasteiger partial charge in [0.25, 0.3) is 5.56 Å². The highest BCUT2D eigenvalue weighted by Gasteiger charge is 2.26. The normalized spacial score (nSPS) is 13.7. The molecule has 0 saturated carbocycles. The molecular formula is C20H25N5O4. The number of hydrogen-bond acceptors (Lipinski definition) is 6. The summed E-state index contributed by atoms with van der Waals surface area (Å²) in [5.74, 6) is 1.48. The van der Waals surface area contributed by atoms with E-state index in [1.54, 1.807) is 14.2 Å². The topological polar surface area (TPSA) is 83.5 Å². The second-order valence-electron chi connectivity index (χ2n) is 6.96. The van der Waals surface area contributed by atoms with Crippen molar-refractivity contribution in [3.8, 4) is 5.75 Å². The number of aryl methyl sites for hydroxylation is 2. The maximum atomic E-state index is 13.1. The third-order valence-electron chi connectivity index (χ3n) is 5.20. The van der Waals surface area contributed by atoms with Crippen LogP contribution >= 0.6 is 0 Å². The Labute approximate surface area is 167 Å². The first-order valence-electron chi connectivity index (χ1n) is 9.76. The highest BCUT2D eigenvalue weighted by atomic mass is 16.5. The summed E-state index contributed by atoms with van der Waals surface area (Å²) in [5, 5.41) is 0. The first kappa shape index (κ1) is 19.3. The molecular weight excluding hydrogens is 374 g/mol. The van der Waals surface area contributed by atoms with Crippen molar-refractivity contribution in [1.29, 1.82) is 0 Å². The van der Waals surface area contributed by atoms with Crippen LogP contribution in [0.15, 0.2) is 33.9 Å². The van der Waals surface area contributed by atoms with Gasteiger partial charge in [-0.2, -0.15) is 4.98 Å². The van der Waals surface area contributed by atoms with Crippen LogP contribution in [0.3, 0.4) is 0 Å². The van der Waals surface area contributed by atoms with Crippen LogP contribution in [-0.4, -0.2) is 45.6 Å². The Morgan fingerprint density at radius 2 is 1.90 bits per heavy atom. The maximum Gasteiger partial charge on any atom is 0.332 e. The van der Waals surface area contributed by atoms with Gasteiger partial charge in [0.05, 0.1) is 19.8 Å². The van der Waals surface area contributed by atoms with Gasteiger partial charge in [-0.25, -0.2) is 4.79 Å². The number of aromatic nitrogens is 4. The Hall–Kier alpha value is -3.07. The van der Waals surface area contributed by atoms with Crippen molar-refractivity contribution in [2.75, 3.05) is 31.8 Å². The van der Waals surface area contributed by atoms with E-state index in [1.165, 1.54) is 9.13 Å². The van der Waals surface area contributed by atoms with Crippen LogP contribution in [-0.2, 0) is 24.9 Å². The van der Waals surface area contributed by atoms with Crippen LogP contribution < -0.4 is 20.9 Å². The molecule has 9 heteroatoms. The number of hydrogen-bond donors (Lipinski definition) is 0. The smallest absolute Gasteiger partial charge is 0.332 e. The first-order chi connectivity index (χ1) is 14.1. The second kappa shape index (κ2) is 7.75. The number of methoxy groups -OCH3 is 1. The average molecular weight is 399 g/mol. The predicted molar refractivity (Wildman–Crippen MR) is 110 cm³/mol. The van der Waals surface area contributed by atoms with Gasteiger partial charge < -0.3 is 18.9 Å². The second-order valence-corrected chi connectivity index (χ2v) is 6.96. The largest absolute Gasteiger partial charge is 0.494 e. The third-order valence-corrected chi connectivity index (χ3v) is 5.20. The minimum absolute atomic E-state index is 0.209. The molecule has 0 radical (unpaired) electrons. The summed E-state index contributed by atoms with van der Waals surface area (Å²) in [6.45, 7) is 4.52. The molecule has 0 saturated heterocycles. The Kier molecular flexibility index (Phi) is 5.14. The molecule has 1 aromatic carbocycles. The number of rotatable bonds is 6. The number of ether oxygens (including phenoxy) is 2. The molecule has 0 atom stereocenters. The number of fused-ring (bicyclic) bond motifs is 3. The van der Waals surface area contributed by atoms with E-state index >= 15 is 0 Å². The van der Waals surface area contributed by atoms with Gasteiger partial charge in [0.2, 0.25) is 5.95 Å². The van der Waals surface area contributed by atoms with Crippen molar-refractivity contribution < 1.29 is 9.47 Å². The van der Waals surface area contributed by atoms with Gasteiger partial charge >= 0.3 is 5.69 Å². The van der Waals surface area contributed by atoms with Crippen LogP contribution in [0.1, 0.15) is 13.3 Å². The number of benzene rings is 1. The average Bonchev–Trinajstić information content (AvgIpc) is 3.13. The van der Waals surface area contributed by atoms with Crippen LogP contribution in [0.4, 0.5) is 11.6 Å². The van der Waals surface area contributed by atoms with E-state index in [1.807, 2.05) is 35.8 Å². The molecule has 0 unspecified atom stereocenters. The molecule has 0 fully saturated rings. The lowest BCUT2D eigenvalue weighted by Crippen LogP contribution is -2.40. The zero-order valence-electron chi connectivity index (χ0n) is 16.9. The summed E-state index contributed by atoms with van der Waals surface area (Å²) in [5.41, 5.74) is 1.11. The van der Waals surface area contributed by atoms with Crippen molar-refractivity contribution in [2.45, 2.75) is 26.4 Å².